The molecule has 1 N–H and O–H groups in total. The lowest BCUT2D eigenvalue weighted by atomic mass is 9.93. The Kier molecular flexibility index (Phi) is 8.73. The number of methoxy groups -OCH3 is 1. The van der Waals surface area contributed by atoms with Gasteiger partial charge in [-0.3, -0.25) is 9.36 Å². The Morgan fingerprint density at radius 2 is 1.85 bits per heavy atom. The highest BCUT2D eigenvalue weighted by Crippen LogP contribution is 2.45. The van der Waals surface area contributed by atoms with E-state index >= 15 is 0 Å². The topological polar surface area (TPSA) is 135 Å². The number of nitrogens with zero attached hydrogens (tertiary/aromatic N) is 3. The lowest BCUT2D eigenvalue weighted by molar-refractivity contribution is -0.161. The standard InChI is InChI=1S/C27H29N3O6S.C8H14O2.H2/c1-16-19-22(31)30(27(11-12-27)24(32)36-26(2,3)4)25(33)29(14-10-17-8-6-7-9-18(17)34-5)23(19)37-20(16)21-28-13-15-35-21;1-8(9)4-6-2-3-7(5-8)10-6;/h6-9,13,15H,10-12,14H2,1-5H3;6-7,9H,2-5H2,1H3;1H/t;6-,7+,8?;. The van der Waals surface area contributed by atoms with Gasteiger partial charge >= 0.3 is 11.7 Å². The van der Waals surface area contributed by atoms with Gasteiger partial charge in [-0.25, -0.2) is 19.1 Å². The number of oxazole rings is 1. The second-order valence-corrected chi connectivity index (χ2v) is 15.1. The monoisotopic (exact) mass is 667 g/mol. The average molecular weight is 668 g/mol. The molecule has 1 aromatic carbocycles. The zero-order valence-electron chi connectivity index (χ0n) is 27.8. The van der Waals surface area contributed by atoms with Crippen molar-refractivity contribution < 1.29 is 30.0 Å². The lowest BCUT2D eigenvalue weighted by Crippen LogP contribution is -2.50. The zero-order valence-corrected chi connectivity index (χ0v) is 28.6. The van der Waals surface area contributed by atoms with Gasteiger partial charge in [0.05, 0.1) is 41.4 Å². The molecule has 1 saturated carbocycles. The molecule has 2 aliphatic heterocycles. The number of rotatable bonds is 7. The number of aryl methyl sites for hydroxylation is 3. The Labute approximate surface area is 278 Å². The van der Waals surface area contributed by atoms with Crippen LogP contribution in [0.2, 0.25) is 0 Å². The summed E-state index contributed by atoms with van der Waals surface area (Å²) < 4.78 is 24.9. The molecule has 3 aliphatic rings. The van der Waals surface area contributed by atoms with E-state index in [4.69, 9.17) is 18.6 Å². The number of para-hydroxylation sites is 1. The maximum atomic E-state index is 14.0. The molecule has 2 saturated heterocycles. The SMILES string of the molecule is CC1(O)C[C@H]2CC[C@@H](C1)O2.COc1ccccc1CCn1c(=O)n(C2(C(=O)OC(C)(C)C)CC2)c(=O)c2c(C)c(-c3ncco3)sc21.[HH]. The van der Waals surface area contributed by atoms with Crippen LogP contribution in [-0.4, -0.2) is 55.7 Å². The van der Waals surface area contributed by atoms with Crippen molar-refractivity contribution in [1.29, 1.82) is 0 Å². The van der Waals surface area contributed by atoms with Crippen molar-refractivity contribution in [3.05, 3.63) is 68.7 Å². The third-order valence-electron chi connectivity index (χ3n) is 9.10. The molecule has 12 heteroatoms. The number of aliphatic hydroxyl groups is 1. The highest BCUT2D eigenvalue weighted by Gasteiger charge is 2.56. The summed E-state index contributed by atoms with van der Waals surface area (Å²) in [5.74, 6) is 0.535. The van der Waals surface area contributed by atoms with E-state index in [0.29, 0.717) is 58.0 Å². The van der Waals surface area contributed by atoms with Crippen LogP contribution in [0.15, 0.2) is 50.7 Å². The molecule has 0 radical (unpaired) electrons. The largest absolute Gasteiger partial charge is 0.496 e. The normalized spacial score (nSPS) is 22.9. The van der Waals surface area contributed by atoms with Crippen molar-refractivity contribution in [1.82, 2.24) is 14.1 Å². The highest BCUT2D eigenvalue weighted by atomic mass is 32.1. The van der Waals surface area contributed by atoms with Crippen LogP contribution >= 0.6 is 11.3 Å². The first kappa shape index (κ1) is 33.2. The predicted molar refractivity (Wildman–Crippen MR) is 180 cm³/mol. The summed E-state index contributed by atoms with van der Waals surface area (Å²) >= 11 is 1.29. The minimum absolute atomic E-state index is 0. The maximum absolute atomic E-state index is 14.0. The van der Waals surface area contributed by atoms with E-state index in [-0.39, 0.29) is 7.97 Å². The average Bonchev–Trinajstić information content (AvgIpc) is 3.28. The number of esters is 1. The minimum Gasteiger partial charge on any atom is -0.496 e. The first-order valence-corrected chi connectivity index (χ1v) is 17.0. The quantitative estimate of drug-likeness (QED) is 0.250. The van der Waals surface area contributed by atoms with Crippen LogP contribution in [0.3, 0.4) is 0 Å². The fourth-order valence-electron chi connectivity index (χ4n) is 6.76. The van der Waals surface area contributed by atoms with E-state index in [1.54, 1.807) is 32.4 Å². The van der Waals surface area contributed by atoms with E-state index in [1.165, 1.54) is 23.8 Å². The summed E-state index contributed by atoms with van der Waals surface area (Å²) in [5.41, 5.74) is -1.94. The fraction of sp³-hybridized carbons (Fsp3) is 0.543. The molecular weight excluding hydrogens is 622 g/mol. The maximum Gasteiger partial charge on any atom is 0.333 e. The number of hydrogen-bond acceptors (Lipinski definition) is 10. The molecule has 11 nitrogen and oxygen atoms in total. The van der Waals surface area contributed by atoms with Crippen molar-refractivity contribution in [3.63, 3.8) is 0 Å². The van der Waals surface area contributed by atoms with Crippen LogP contribution in [0.1, 0.15) is 78.8 Å². The molecule has 1 aliphatic carbocycles. The van der Waals surface area contributed by atoms with Crippen molar-refractivity contribution in [2.24, 2.45) is 0 Å². The van der Waals surface area contributed by atoms with Crippen molar-refractivity contribution in [2.45, 2.75) is 115 Å². The molecule has 0 amide bonds. The van der Waals surface area contributed by atoms with Crippen molar-refractivity contribution in [3.8, 4) is 16.5 Å². The van der Waals surface area contributed by atoms with Gasteiger partial charge in [0.25, 0.3) is 5.56 Å². The summed E-state index contributed by atoms with van der Waals surface area (Å²) in [4.78, 5) is 46.6. The van der Waals surface area contributed by atoms with Gasteiger partial charge in [0.15, 0.2) is 5.54 Å². The number of carbonyl (C=O) groups excluding carboxylic acids is 1. The van der Waals surface area contributed by atoms with E-state index in [0.717, 1.165) is 41.6 Å². The van der Waals surface area contributed by atoms with E-state index in [1.807, 2.05) is 38.1 Å². The first-order chi connectivity index (χ1) is 22.2. The summed E-state index contributed by atoms with van der Waals surface area (Å²) in [6.45, 7) is 9.32. The molecule has 3 atom stereocenters. The fourth-order valence-corrected chi connectivity index (χ4v) is 8.02. The molecule has 1 unspecified atom stereocenters. The van der Waals surface area contributed by atoms with Gasteiger partial charge in [-0.2, -0.15) is 0 Å². The number of aromatic nitrogens is 3. The molecule has 0 spiro atoms. The Hall–Kier alpha value is -3.74. The number of benzene rings is 1. The van der Waals surface area contributed by atoms with Crippen LogP contribution in [0, 0.1) is 6.92 Å². The molecule has 3 fully saturated rings. The van der Waals surface area contributed by atoms with Gasteiger partial charge in [0, 0.05) is 20.8 Å². The Bertz CT molecular complexity index is 1890. The zero-order chi connectivity index (χ0) is 33.7. The van der Waals surface area contributed by atoms with Crippen LogP contribution in [0.4, 0.5) is 0 Å². The number of fused-ring (bicyclic) bond motifs is 3. The second kappa shape index (κ2) is 12.4. The van der Waals surface area contributed by atoms with Crippen LogP contribution in [0.25, 0.3) is 21.0 Å². The summed E-state index contributed by atoms with van der Waals surface area (Å²) in [6, 6.07) is 7.61. The smallest absolute Gasteiger partial charge is 0.333 e. The number of ether oxygens (including phenoxy) is 3. The van der Waals surface area contributed by atoms with Gasteiger partial charge in [0.1, 0.15) is 22.4 Å². The van der Waals surface area contributed by atoms with Crippen LogP contribution in [0.5, 0.6) is 5.75 Å². The van der Waals surface area contributed by atoms with E-state index < -0.39 is 34.0 Å². The van der Waals surface area contributed by atoms with E-state index in [9.17, 15) is 19.5 Å². The van der Waals surface area contributed by atoms with Gasteiger partial charge < -0.3 is 23.7 Å². The third kappa shape index (κ3) is 6.55. The predicted octanol–water partition coefficient (Wildman–Crippen LogP) is 5.60. The van der Waals surface area contributed by atoms with Gasteiger partial charge in [-0.05, 0) is 83.9 Å². The van der Waals surface area contributed by atoms with Crippen LogP contribution in [-0.2, 0) is 32.8 Å². The number of thiophene rings is 1. The van der Waals surface area contributed by atoms with Gasteiger partial charge in [0.2, 0.25) is 5.89 Å². The Morgan fingerprint density at radius 1 is 1.17 bits per heavy atom. The number of carbonyl (C=O) groups is 1. The van der Waals surface area contributed by atoms with Crippen LogP contribution < -0.4 is 16.0 Å². The van der Waals surface area contributed by atoms with Gasteiger partial charge in [-0.1, -0.05) is 18.2 Å². The summed E-state index contributed by atoms with van der Waals surface area (Å²) in [6.07, 6.45) is 8.91. The molecule has 47 heavy (non-hydrogen) atoms. The minimum atomic E-state index is -1.31. The number of hydrogen-bond donors (Lipinski definition) is 1. The molecule has 4 aromatic rings. The molecule has 3 aromatic heterocycles. The Morgan fingerprint density at radius 3 is 2.45 bits per heavy atom. The first-order valence-electron chi connectivity index (χ1n) is 16.2. The molecule has 2 bridgehead atoms. The molecule has 7 rings (SSSR count). The Balaban J connectivity index is 0.000000348. The highest BCUT2D eigenvalue weighted by molar-refractivity contribution is 7.22. The van der Waals surface area contributed by atoms with Crippen molar-refractivity contribution >= 4 is 27.5 Å². The second-order valence-electron chi connectivity index (χ2n) is 14.1. The van der Waals surface area contributed by atoms with Gasteiger partial charge in [-0.15, -0.1) is 11.3 Å². The molecular formula is C35H45N3O8S. The third-order valence-corrected chi connectivity index (χ3v) is 10.4. The van der Waals surface area contributed by atoms with Crippen molar-refractivity contribution in [2.75, 3.05) is 7.11 Å². The lowest BCUT2D eigenvalue weighted by Gasteiger charge is -2.33. The van der Waals surface area contributed by atoms with E-state index in [2.05, 4.69) is 4.98 Å². The summed E-state index contributed by atoms with van der Waals surface area (Å²) in [7, 11) is 1.60. The molecule has 254 valence electrons. The summed E-state index contributed by atoms with van der Waals surface area (Å²) in [5, 5.41) is 10.1. The molecule has 5 heterocycles.